The van der Waals surface area contributed by atoms with Crippen molar-refractivity contribution in [1.82, 2.24) is 0 Å². The summed E-state index contributed by atoms with van der Waals surface area (Å²) in [6.45, 7) is 3.53. The summed E-state index contributed by atoms with van der Waals surface area (Å²) in [5, 5.41) is 0.623. The van der Waals surface area contributed by atoms with E-state index in [1.807, 2.05) is 0 Å². The first kappa shape index (κ1) is 13.1. The topological polar surface area (TPSA) is 35.5 Å². The van der Waals surface area contributed by atoms with Crippen LogP contribution in [0.25, 0.3) is 0 Å². The molecule has 88 valence electrons. The van der Waals surface area contributed by atoms with Crippen molar-refractivity contribution < 1.29 is 14.3 Å². The summed E-state index contributed by atoms with van der Waals surface area (Å²) in [6.07, 6.45) is -0.202. The fourth-order valence-corrected chi connectivity index (χ4v) is 1.45. The number of halogens is 2. The summed E-state index contributed by atoms with van der Waals surface area (Å²) in [7, 11) is 1.45. The second kappa shape index (κ2) is 5.41. The van der Waals surface area contributed by atoms with Crippen LogP contribution in [0, 0.1) is 0 Å². The lowest BCUT2D eigenvalue weighted by Crippen LogP contribution is -2.12. The summed E-state index contributed by atoms with van der Waals surface area (Å²) in [5.41, 5.74) is 0.269. The van der Waals surface area contributed by atoms with Gasteiger partial charge in [0, 0.05) is 6.07 Å². The molecule has 0 heterocycles. The van der Waals surface area contributed by atoms with Gasteiger partial charge in [-0.25, -0.2) is 4.79 Å². The molecule has 0 saturated carbocycles. The van der Waals surface area contributed by atoms with Gasteiger partial charge in [0.1, 0.15) is 11.3 Å². The molecule has 0 unspecified atom stereocenters. The number of esters is 1. The van der Waals surface area contributed by atoms with E-state index < -0.39 is 5.97 Å². The maximum Gasteiger partial charge on any atom is 0.342 e. The van der Waals surface area contributed by atoms with Crippen molar-refractivity contribution in [3.05, 3.63) is 27.7 Å². The van der Waals surface area contributed by atoms with Gasteiger partial charge in [0.2, 0.25) is 0 Å². The third-order valence-electron chi connectivity index (χ3n) is 1.81. The molecule has 0 aliphatic carbocycles. The average Bonchev–Trinajstić information content (AvgIpc) is 2.20. The highest BCUT2D eigenvalue weighted by Gasteiger charge is 2.17. The first-order valence-corrected chi connectivity index (χ1v) is 5.45. The smallest absolute Gasteiger partial charge is 0.342 e. The fourth-order valence-electron chi connectivity index (χ4n) is 1.13. The monoisotopic (exact) mass is 262 g/mol. The predicted octanol–water partition coefficient (Wildman–Crippen LogP) is 3.57. The molecular weight excluding hydrogens is 251 g/mol. The molecule has 3 nitrogen and oxygen atoms in total. The van der Waals surface area contributed by atoms with E-state index in [9.17, 15) is 4.79 Å². The lowest BCUT2D eigenvalue weighted by atomic mass is 10.2. The predicted molar refractivity (Wildman–Crippen MR) is 63.6 cm³/mol. The van der Waals surface area contributed by atoms with Crippen LogP contribution in [0.3, 0.4) is 0 Å². The Morgan fingerprint density at radius 1 is 1.25 bits per heavy atom. The largest absolute Gasteiger partial charge is 0.496 e. The van der Waals surface area contributed by atoms with E-state index in [-0.39, 0.29) is 16.7 Å². The molecule has 0 aliphatic heterocycles. The first-order valence-electron chi connectivity index (χ1n) is 4.69. The molecule has 5 heteroatoms. The van der Waals surface area contributed by atoms with Crippen LogP contribution in [0.5, 0.6) is 5.75 Å². The van der Waals surface area contributed by atoms with E-state index in [0.717, 1.165) is 0 Å². The molecule has 0 fully saturated rings. The number of rotatable bonds is 3. The molecule has 0 saturated heterocycles. The molecule has 0 amide bonds. The van der Waals surface area contributed by atoms with Crippen molar-refractivity contribution in [2.45, 2.75) is 20.0 Å². The summed E-state index contributed by atoms with van der Waals surface area (Å²) < 4.78 is 10.1. The number of carbonyl (C=O) groups is 1. The Balaban J connectivity index is 3.11. The van der Waals surface area contributed by atoms with Crippen molar-refractivity contribution in [3.63, 3.8) is 0 Å². The highest BCUT2D eigenvalue weighted by atomic mass is 35.5. The van der Waals surface area contributed by atoms with Crippen LogP contribution in [0.4, 0.5) is 0 Å². The molecule has 1 aromatic rings. The van der Waals surface area contributed by atoms with Gasteiger partial charge in [-0.1, -0.05) is 23.2 Å². The van der Waals surface area contributed by atoms with Crippen LogP contribution in [-0.4, -0.2) is 19.2 Å². The van der Waals surface area contributed by atoms with Crippen molar-refractivity contribution in [1.29, 1.82) is 0 Å². The maximum atomic E-state index is 11.7. The molecule has 0 bridgehead atoms. The number of ether oxygens (including phenoxy) is 2. The lowest BCUT2D eigenvalue weighted by Gasteiger charge is -2.11. The summed E-state index contributed by atoms with van der Waals surface area (Å²) in [4.78, 5) is 11.7. The third-order valence-corrected chi connectivity index (χ3v) is 2.53. The molecule has 1 aromatic carbocycles. The zero-order chi connectivity index (χ0) is 12.3. The van der Waals surface area contributed by atoms with Crippen LogP contribution in [-0.2, 0) is 4.74 Å². The van der Waals surface area contributed by atoms with Gasteiger partial charge < -0.3 is 9.47 Å². The molecular formula is C11H12Cl2O3. The number of hydrogen-bond acceptors (Lipinski definition) is 3. The zero-order valence-corrected chi connectivity index (χ0v) is 10.7. The average molecular weight is 263 g/mol. The number of hydrogen-bond donors (Lipinski definition) is 0. The van der Waals surface area contributed by atoms with Gasteiger partial charge in [-0.15, -0.1) is 0 Å². The Kier molecular flexibility index (Phi) is 4.44. The van der Waals surface area contributed by atoms with E-state index in [0.29, 0.717) is 10.8 Å². The second-order valence-electron chi connectivity index (χ2n) is 3.42. The third kappa shape index (κ3) is 3.03. The number of carbonyl (C=O) groups excluding carboxylic acids is 1. The van der Waals surface area contributed by atoms with Gasteiger partial charge in [0.05, 0.1) is 23.3 Å². The van der Waals surface area contributed by atoms with Gasteiger partial charge in [0.25, 0.3) is 0 Å². The molecule has 1 rings (SSSR count). The highest BCUT2D eigenvalue weighted by molar-refractivity contribution is 6.42. The van der Waals surface area contributed by atoms with Crippen LogP contribution in [0.15, 0.2) is 12.1 Å². The number of methoxy groups -OCH3 is 1. The van der Waals surface area contributed by atoms with Crippen LogP contribution < -0.4 is 4.74 Å². The van der Waals surface area contributed by atoms with Crippen molar-refractivity contribution in [2.24, 2.45) is 0 Å². The van der Waals surface area contributed by atoms with Crippen molar-refractivity contribution >= 4 is 29.2 Å². The van der Waals surface area contributed by atoms with Gasteiger partial charge in [-0.05, 0) is 19.9 Å². The molecule has 0 aromatic heterocycles. The van der Waals surface area contributed by atoms with E-state index >= 15 is 0 Å². The van der Waals surface area contributed by atoms with Gasteiger partial charge in [-0.3, -0.25) is 0 Å². The summed E-state index contributed by atoms with van der Waals surface area (Å²) in [6, 6.07) is 2.92. The fraction of sp³-hybridized carbons (Fsp3) is 0.364. The van der Waals surface area contributed by atoms with Crippen LogP contribution in [0.2, 0.25) is 10.0 Å². The Hall–Kier alpha value is -0.930. The van der Waals surface area contributed by atoms with Crippen LogP contribution >= 0.6 is 23.2 Å². The van der Waals surface area contributed by atoms with Crippen molar-refractivity contribution in [3.8, 4) is 5.75 Å². The van der Waals surface area contributed by atoms with E-state index in [1.54, 1.807) is 13.8 Å². The van der Waals surface area contributed by atoms with Crippen LogP contribution in [0.1, 0.15) is 24.2 Å². The SMILES string of the molecule is COc1cc(Cl)c(Cl)cc1C(=O)OC(C)C. The van der Waals surface area contributed by atoms with Gasteiger partial charge in [0.15, 0.2) is 0 Å². The normalized spacial score (nSPS) is 10.4. The molecule has 0 N–H and O–H groups in total. The Morgan fingerprint density at radius 3 is 2.31 bits per heavy atom. The van der Waals surface area contributed by atoms with E-state index in [1.165, 1.54) is 19.2 Å². The molecule has 0 radical (unpaired) electrons. The Labute approximate surface area is 104 Å². The van der Waals surface area contributed by atoms with E-state index in [4.69, 9.17) is 32.7 Å². The maximum absolute atomic E-state index is 11.7. The minimum Gasteiger partial charge on any atom is -0.496 e. The molecule has 0 aliphatic rings. The molecule has 0 atom stereocenters. The molecule has 16 heavy (non-hydrogen) atoms. The first-order chi connectivity index (χ1) is 7.45. The Morgan fingerprint density at radius 2 is 1.81 bits per heavy atom. The summed E-state index contributed by atoms with van der Waals surface area (Å²) >= 11 is 11.6. The standard InChI is InChI=1S/C11H12Cl2O3/c1-6(2)16-11(14)7-4-8(12)9(13)5-10(7)15-3/h4-6H,1-3H3. The minimum absolute atomic E-state index is 0.202. The summed E-state index contributed by atoms with van der Waals surface area (Å²) in [5.74, 6) is -0.134. The number of benzene rings is 1. The minimum atomic E-state index is -0.481. The van der Waals surface area contributed by atoms with Crippen molar-refractivity contribution in [2.75, 3.05) is 7.11 Å². The second-order valence-corrected chi connectivity index (χ2v) is 4.24. The van der Waals surface area contributed by atoms with Gasteiger partial charge in [-0.2, -0.15) is 0 Å². The molecule has 0 spiro atoms. The lowest BCUT2D eigenvalue weighted by molar-refractivity contribution is 0.0374. The zero-order valence-electron chi connectivity index (χ0n) is 9.21. The van der Waals surface area contributed by atoms with Gasteiger partial charge >= 0.3 is 5.97 Å². The highest BCUT2D eigenvalue weighted by Crippen LogP contribution is 2.31. The quantitative estimate of drug-likeness (QED) is 0.782. The van der Waals surface area contributed by atoms with E-state index in [2.05, 4.69) is 0 Å². The Bertz CT molecular complexity index is 402.